The Morgan fingerprint density at radius 2 is 1.95 bits per heavy atom. The van der Waals surface area contributed by atoms with Gasteiger partial charge in [0, 0.05) is 18.6 Å². The molecular formula is C19H32N2. The molecule has 1 aliphatic carbocycles. The van der Waals surface area contributed by atoms with Crippen LogP contribution in [-0.2, 0) is 0 Å². The highest BCUT2D eigenvalue weighted by Crippen LogP contribution is 2.29. The summed E-state index contributed by atoms with van der Waals surface area (Å²) in [4.78, 5) is 2.71. The summed E-state index contributed by atoms with van der Waals surface area (Å²) in [6.45, 7) is 12.4. The van der Waals surface area contributed by atoms with Crippen LogP contribution in [0.1, 0.15) is 62.3 Å². The van der Waals surface area contributed by atoms with E-state index in [9.17, 15) is 0 Å². The smallest absolute Gasteiger partial charge is 0.0449 e. The summed E-state index contributed by atoms with van der Waals surface area (Å²) in [6.07, 6.45) is 5.41. The van der Waals surface area contributed by atoms with E-state index in [0.29, 0.717) is 6.04 Å². The number of likely N-dealkylation sites (N-methyl/N-ethyl adjacent to an activating group) is 1. The minimum atomic E-state index is 0.465. The average Bonchev–Trinajstić information content (AvgIpc) is 3.30. The van der Waals surface area contributed by atoms with Crippen molar-refractivity contribution in [3.8, 4) is 0 Å². The number of aryl methyl sites for hydroxylation is 2. The highest BCUT2D eigenvalue weighted by atomic mass is 15.2. The molecule has 1 atom stereocenters. The minimum absolute atomic E-state index is 0.465. The zero-order chi connectivity index (χ0) is 15.2. The summed E-state index contributed by atoms with van der Waals surface area (Å²) in [6, 6.07) is 8.26. The molecule has 1 saturated carbocycles. The zero-order valence-electron chi connectivity index (χ0n) is 14.3. The number of hydrogen-bond acceptors (Lipinski definition) is 2. The zero-order valence-corrected chi connectivity index (χ0v) is 14.3. The van der Waals surface area contributed by atoms with Crippen molar-refractivity contribution in [2.24, 2.45) is 0 Å². The predicted molar refractivity (Wildman–Crippen MR) is 91.8 cm³/mol. The van der Waals surface area contributed by atoms with E-state index in [2.05, 4.69) is 56.1 Å². The first-order chi connectivity index (χ1) is 10.2. The number of rotatable bonds is 9. The third-order valence-electron chi connectivity index (χ3n) is 4.66. The van der Waals surface area contributed by atoms with Crippen LogP contribution in [0.25, 0.3) is 0 Å². The van der Waals surface area contributed by atoms with E-state index >= 15 is 0 Å². The van der Waals surface area contributed by atoms with Crippen LogP contribution in [0.2, 0.25) is 0 Å². The Balaban J connectivity index is 2.07. The fourth-order valence-electron chi connectivity index (χ4n) is 2.97. The quantitative estimate of drug-likeness (QED) is 0.732. The SMILES string of the molecule is CCCCN(CC(NCC)c1ccc(C)c(C)c1)C1CC1. The first-order valence-corrected chi connectivity index (χ1v) is 8.70. The van der Waals surface area contributed by atoms with Gasteiger partial charge in [0.2, 0.25) is 0 Å². The van der Waals surface area contributed by atoms with E-state index in [1.54, 1.807) is 0 Å². The second kappa shape index (κ2) is 7.95. The summed E-state index contributed by atoms with van der Waals surface area (Å²) in [7, 11) is 0. The van der Waals surface area contributed by atoms with Crippen molar-refractivity contribution in [3.63, 3.8) is 0 Å². The second-order valence-corrected chi connectivity index (χ2v) is 6.53. The topological polar surface area (TPSA) is 15.3 Å². The van der Waals surface area contributed by atoms with Crippen LogP contribution < -0.4 is 5.32 Å². The van der Waals surface area contributed by atoms with Gasteiger partial charge in [0.25, 0.3) is 0 Å². The largest absolute Gasteiger partial charge is 0.309 e. The number of benzene rings is 1. The number of nitrogens with zero attached hydrogens (tertiary/aromatic N) is 1. The predicted octanol–water partition coefficient (Wildman–Crippen LogP) is 4.22. The maximum absolute atomic E-state index is 3.69. The summed E-state index contributed by atoms with van der Waals surface area (Å²) < 4.78 is 0. The van der Waals surface area contributed by atoms with Gasteiger partial charge < -0.3 is 5.32 Å². The highest BCUT2D eigenvalue weighted by Gasteiger charge is 2.30. The normalized spacial score (nSPS) is 16.4. The van der Waals surface area contributed by atoms with Gasteiger partial charge in [-0.15, -0.1) is 0 Å². The molecule has 1 aliphatic rings. The van der Waals surface area contributed by atoms with Crippen LogP contribution in [0.3, 0.4) is 0 Å². The van der Waals surface area contributed by atoms with Crippen molar-refractivity contribution in [3.05, 3.63) is 34.9 Å². The lowest BCUT2D eigenvalue weighted by molar-refractivity contribution is 0.230. The van der Waals surface area contributed by atoms with Crippen LogP contribution >= 0.6 is 0 Å². The average molecular weight is 288 g/mol. The van der Waals surface area contributed by atoms with Crippen LogP contribution in [0.5, 0.6) is 0 Å². The molecule has 0 radical (unpaired) electrons. The maximum atomic E-state index is 3.69. The van der Waals surface area contributed by atoms with Crippen LogP contribution in [0.15, 0.2) is 18.2 Å². The Morgan fingerprint density at radius 3 is 2.52 bits per heavy atom. The lowest BCUT2D eigenvalue weighted by Crippen LogP contribution is -2.37. The van der Waals surface area contributed by atoms with E-state index in [-0.39, 0.29) is 0 Å². The maximum Gasteiger partial charge on any atom is 0.0449 e. The van der Waals surface area contributed by atoms with Crippen molar-refractivity contribution in [1.82, 2.24) is 10.2 Å². The first kappa shape index (κ1) is 16.5. The van der Waals surface area contributed by atoms with Crippen LogP contribution in [-0.4, -0.2) is 30.6 Å². The first-order valence-electron chi connectivity index (χ1n) is 8.70. The summed E-state index contributed by atoms with van der Waals surface area (Å²) >= 11 is 0. The Labute approximate surface area is 130 Å². The third kappa shape index (κ3) is 4.82. The lowest BCUT2D eigenvalue weighted by atomic mass is 10.0. The van der Waals surface area contributed by atoms with Crippen molar-refractivity contribution < 1.29 is 0 Å². The number of unbranched alkanes of at least 4 members (excludes halogenated alkanes) is 1. The molecule has 0 aromatic heterocycles. The summed E-state index contributed by atoms with van der Waals surface area (Å²) in [5.41, 5.74) is 4.24. The molecule has 21 heavy (non-hydrogen) atoms. The van der Waals surface area contributed by atoms with Gasteiger partial charge in [0.15, 0.2) is 0 Å². The summed E-state index contributed by atoms with van der Waals surface area (Å²) in [5.74, 6) is 0. The molecule has 1 aromatic carbocycles. The Morgan fingerprint density at radius 1 is 1.19 bits per heavy atom. The van der Waals surface area contributed by atoms with Crippen molar-refractivity contribution >= 4 is 0 Å². The summed E-state index contributed by atoms with van der Waals surface area (Å²) in [5, 5.41) is 3.69. The van der Waals surface area contributed by atoms with E-state index in [1.165, 1.54) is 48.9 Å². The molecule has 0 amide bonds. The second-order valence-electron chi connectivity index (χ2n) is 6.53. The molecular weight excluding hydrogens is 256 g/mol. The fraction of sp³-hybridized carbons (Fsp3) is 0.684. The molecule has 1 fully saturated rings. The molecule has 2 heteroatoms. The third-order valence-corrected chi connectivity index (χ3v) is 4.66. The molecule has 1 N–H and O–H groups in total. The van der Waals surface area contributed by atoms with Gasteiger partial charge in [-0.05, 0) is 62.9 Å². The minimum Gasteiger partial charge on any atom is -0.309 e. The van der Waals surface area contributed by atoms with Gasteiger partial charge in [-0.3, -0.25) is 4.90 Å². The van der Waals surface area contributed by atoms with E-state index in [0.717, 1.165) is 19.1 Å². The molecule has 1 unspecified atom stereocenters. The molecule has 0 bridgehead atoms. The molecule has 0 spiro atoms. The molecule has 0 saturated heterocycles. The lowest BCUT2D eigenvalue weighted by Gasteiger charge is -2.28. The number of hydrogen-bond donors (Lipinski definition) is 1. The highest BCUT2D eigenvalue weighted by molar-refractivity contribution is 5.32. The fourth-order valence-corrected chi connectivity index (χ4v) is 2.97. The molecule has 1 aromatic rings. The van der Waals surface area contributed by atoms with Crippen molar-refractivity contribution in [2.75, 3.05) is 19.6 Å². The molecule has 0 aliphatic heterocycles. The molecule has 2 rings (SSSR count). The standard InChI is InChI=1S/C19H32N2/c1-5-7-12-21(18-10-11-18)14-19(20-6-2)17-9-8-15(3)16(4)13-17/h8-9,13,18-20H,5-7,10-12,14H2,1-4H3. The van der Waals surface area contributed by atoms with Gasteiger partial charge in [-0.25, -0.2) is 0 Å². The van der Waals surface area contributed by atoms with Gasteiger partial charge in [0.05, 0.1) is 0 Å². The van der Waals surface area contributed by atoms with Gasteiger partial charge in [-0.1, -0.05) is 38.5 Å². The van der Waals surface area contributed by atoms with E-state index in [1.807, 2.05) is 0 Å². The Hall–Kier alpha value is -0.860. The number of nitrogens with one attached hydrogen (secondary N) is 1. The molecule has 0 heterocycles. The van der Waals surface area contributed by atoms with Crippen LogP contribution in [0, 0.1) is 13.8 Å². The Bertz CT molecular complexity index is 437. The van der Waals surface area contributed by atoms with E-state index in [4.69, 9.17) is 0 Å². The molecule has 118 valence electrons. The van der Waals surface area contributed by atoms with Crippen LogP contribution in [0.4, 0.5) is 0 Å². The van der Waals surface area contributed by atoms with Gasteiger partial charge in [0.1, 0.15) is 0 Å². The van der Waals surface area contributed by atoms with Crippen molar-refractivity contribution in [2.45, 2.75) is 65.5 Å². The van der Waals surface area contributed by atoms with E-state index < -0.39 is 0 Å². The van der Waals surface area contributed by atoms with Crippen molar-refractivity contribution in [1.29, 1.82) is 0 Å². The van der Waals surface area contributed by atoms with Gasteiger partial charge >= 0.3 is 0 Å². The monoisotopic (exact) mass is 288 g/mol. The molecule has 2 nitrogen and oxygen atoms in total. The van der Waals surface area contributed by atoms with Gasteiger partial charge in [-0.2, -0.15) is 0 Å². The Kier molecular flexibility index (Phi) is 6.25.